The largest absolute Gasteiger partial charge is 0.497 e. The molecule has 4 aliphatic rings. The van der Waals surface area contributed by atoms with Crippen molar-refractivity contribution >= 4 is 45.0 Å². The van der Waals surface area contributed by atoms with Crippen molar-refractivity contribution in [2.45, 2.75) is 37.9 Å². The lowest BCUT2D eigenvalue weighted by molar-refractivity contribution is -0.157. The number of aryl methyl sites for hydroxylation is 1. The lowest BCUT2D eigenvalue weighted by Crippen LogP contribution is -2.62. The molecule has 0 N–H and O–H groups in total. The van der Waals surface area contributed by atoms with E-state index in [2.05, 4.69) is 5.87 Å². The van der Waals surface area contributed by atoms with Gasteiger partial charge in [0.2, 0.25) is 5.91 Å². The van der Waals surface area contributed by atoms with Crippen molar-refractivity contribution in [1.82, 2.24) is 4.90 Å². The van der Waals surface area contributed by atoms with Gasteiger partial charge in [-0.3, -0.25) is 19.3 Å². The van der Waals surface area contributed by atoms with Crippen LogP contribution >= 0.6 is 10.5 Å². The topological polar surface area (TPSA) is 122 Å². The van der Waals surface area contributed by atoms with Gasteiger partial charge in [-0.1, -0.05) is 115 Å². The third kappa shape index (κ3) is 9.40. The molecule has 0 spiro atoms. The van der Waals surface area contributed by atoms with Crippen LogP contribution in [0.15, 0.2) is 190 Å². The number of carbonyl (C=O) groups excluding carboxylic acids is 3. The minimum absolute atomic E-state index is 0.00981. The van der Waals surface area contributed by atoms with Crippen LogP contribution in [0.1, 0.15) is 40.3 Å². The summed E-state index contributed by atoms with van der Waals surface area (Å²) in [5.74, 6) is 5.66. The first-order chi connectivity index (χ1) is 34.1. The number of ketones is 1. The number of rotatable bonds is 16. The number of hydrogen-bond acceptors (Lipinski definition) is 9. The Morgan fingerprint density at radius 1 is 0.714 bits per heavy atom. The van der Waals surface area contributed by atoms with Gasteiger partial charge in [-0.15, -0.1) is 0 Å². The number of benzene rings is 7. The number of fused-ring (bicyclic) bond motifs is 3. The third-order valence-electron chi connectivity index (χ3n) is 12.9. The van der Waals surface area contributed by atoms with Crippen molar-refractivity contribution in [3.8, 4) is 39.7 Å². The molecule has 1 saturated heterocycles. The fraction of sp³-hybridized carbons (Fsp3) is 0.169. The van der Waals surface area contributed by atoms with Crippen molar-refractivity contribution in [3.05, 3.63) is 219 Å². The average molecular weight is 948 g/mol. The van der Waals surface area contributed by atoms with Crippen LogP contribution in [0.4, 0.5) is 0 Å². The van der Waals surface area contributed by atoms with Gasteiger partial charge < -0.3 is 23.4 Å². The lowest BCUT2D eigenvalue weighted by Gasteiger charge is -2.51. The maximum absolute atomic E-state index is 14.6. The molecule has 11 heteroatoms. The molecule has 3 atom stereocenters. The average Bonchev–Trinajstić information content (AvgIpc) is 3.38. The number of esters is 1. The number of hydrogen-bond donors (Lipinski definition) is 0. The van der Waals surface area contributed by atoms with E-state index in [-0.39, 0.29) is 48.9 Å². The summed E-state index contributed by atoms with van der Waals surface area (Å²) in [7, 11) is 0.999. The van der Waals surface area contributed by atoms with Gasteiger partial charge in [-0.2, -0.15) is 10.5 Å². The van der Waals surface area contributed by atoms with E-state index in [1.165, 1.54) is 11.0 Å². The van der Waals surface area contributed by atoms with Crippen LogP contribution in [0, 0.1) is 12.8 Å². The maximum Gasteiger partial charge on any atom is 0.356 e. The molecular weight excluding hydrogens is 899 g/mol. The molecule has 10 rings (SSSR count). The van der Waals surface area contributed by atoms with Gasteiger partial charge in [0.15, 0.2) is 11.5 Å². The lowest BCUT2D eigenvalue weighted by atomic mass is 9.89. The van der Waals surface area contributed by atoms with Crippen molar-refractivity contribution < 1.29 is 37.7 Å². The number of ether oxygens (including phenoxy) is 4. The molecule has 6 aromatic rings. The van der Waals surface area contributed by atoms with E-state index in [0.29, 0.717) is 34.2 Å². The van der Waals surface area contributed by atoms with Gasteiger partial charge in [-0.25, -0.2) is 4.79 Å². The molecule has 70 heavy (non-hydrogen) atoms. The molecule has 10 nitrogen and oxygen atoms in total. The van der Waals surface area contributed by atoms with E-state index in [0.717, 1.165) is 55.6 Å². The monoisotopic (exact) mass is 947 g/mol. The van der Waals surface area contributed by atoms with Crippen molar-refractivity contribution in [2.24, 2.45) is 5.92 Å². The van der Waals surface area contributed by atoms with Gasteiger partial charge in [0.25, 0.3) is 0 Å². The Hall–Kier alpha value is -8.02. The van der Waals surface area contributed by atoms with Gasteiger partial charge in [-0.05, 0) is 88.8 Å². The normalized spacial score (nSPS) is 16.5. The fourth-order valence-corrected chi connectivity index (χ4v) is 11.4. The molecule has 0 bridgehead atoms. The van der Waals surface area contributed by atoms with E-state index >= 15 is 0 Å². The Morgan fingerprint density at radius 3 is 2.04 bits per heavy atom. The first kappa shape index (κ1) is 45.7. The number of amides is 1. The number of β-lactam (4-membered cyclic amide) rings is 1. The molecule has 0 aromatic heterocycles. The van der Waals surface area contributed by atoms with E-state index in [1.54, 1.807) is 19.2 Å². The maximum atomic E-state index is 14.6. The number of carbonyl (C=O) groups is 3. The Bertz CT molecular complexity index is 3290. The summed E-state index contributed by atoms with van der Waals surface area (Å²) in [6, 6.07) is 52.5. The number of nitrogens with zero attached hydrogens (tertiary/aromatic N) is 1. The molecule has 6 aromatic carbocycles. The van der Waals surface area contributed by atoms with Crippen LogP contribution in [-0.2, 0) is 32.1 Å². The summed E-state index contributed by atoms with van der Waals surface area (Å²) >= 11 is 0. The molecule has 1 unspecified atom stereocenters. The standard InChI is InChI=1S/C59H49NO9S/c1-37-29-46(65-2)24-27-48(37)54-49-26-21-43(61)32-52(49)68-53-33-47(25-28-50(53)54)66-34-39-19-22-45(23-20-39)67-35-42-36-70(3)58-51(31-44(62)30-38-13-7-4-8-14-38)57(63)60(58)55(42)59(64)69-56(40-15-9-5-10-16-40)41-17-11-6-12-18-41/h4-29,32-33,51,56,58H,3,30-31,34-36H2,1-2H3/t51-,58-,70?/m1/s1. The summed E-state index contributed by atoms with van der Waals surface area (Å²) in [5, 5.41) is 0.448. The Labute approximate surface area is 408 Å². The predicted molar refractivity (Wildman–Crippen MR) is 273 cm³/mol. The van der Waals surface area contributed by atoms with Crippen LogP contribution < -0.4 is 19.6 Å². The SMILES string of the molecule is C=S1CC(COc2ccc(COc3ccc4c(-c5ccc(OC)cc5C)c5ccc(=O)cc-5oc4c3)cc2)=C(C(=O)OC(c2ccccc2)c2ccccc2)N2C(=O)[C@@H](CC(=O)Cc3ccccc3)[C@H]21. The van der Waals surface area contributed by atoms with Crippen molar-refractivity contribution in [1.29, 1.82) is 0 Å². The molecular formula is C59H49NO9S. The number of methoxy groups -OCH3 is 1. The molecule has 1 aliphatic carbocycles. The van der Waals surface area contributed by atoms with Crippen molar-refractivity contribution in [2.75, 3.05) is 19.5 Å². The first-order valence-electron chi connectivity index (χ1n) is 23.0. The van der Waals surface area contributed by atoms with E-state index in [9.17, 15) is 19.2 Å². The minimum Gasteiger partial charge on any atom is -0.497 e. The van der Waals surface area contributed by atoms with Crippen LogP contribution in [0.3, 0.4) is 0 Å². The molecule has 3 heterocycles. The van der Waals surface area contributed by atoms with Gasteiger partial charge in [0, 0.05) is 52.8 Å². The Kier molecular flexibility index (Phi) is 13.0. The minimum atomic E-state index is -0.741. The second kappa shape index (κ2) is 19.9. The zero-order valence-electron chi connectivity index (χ0n) is 38.7. The Balaban J connectivity index is 0.877. The summed E-state index contributed by atoms with van der Waals surface area (Å²) < 4.78 is 30.8. The highest BCUT2D eigenvalue weighted by atomic mass is 32.2. The quantitative estimate of drug-likeness (QED) is 0.0403. The van der Waals surface area contributed by atoms with Gasteiger partial charge in [0.05, 0.1) is 18.4 Å². The second-order valence-corrected chi connectivity index (χ2v) is 19.4. The zero-order chi connectivity index (χ0) is 48.3. The Morgan fingerprint density at radius 2 is 1.36 bits per heavy atom. The summed E-state index contributed by atoms with van der Waals surface area (Å²) in [6.45, 7) is 2.29. The highest BCUT2D eigenvalue weighted by molar-refractivity contribution is 8.14. The van der Waals surface area contributed by atoms with E-state index in [1.807, 2.05) is 159 Å². The van der Waals surface area contributed by atoms with Crippen LogP contribution in [0.5, 0.6) is 17.2 Å². The summed E-state index contributed by atoms with van der Waals surface area (Å²) in [5.41, 5.74) is 8.29. The second-order valence-electron chi connectivity index (χ2n) is 17.5. The van der Waals surface area contributed by atoms with Crippen LogP contribution in [0.2, 0.25) is 0 Å². The smallest absolute Gasteiger partial charge is 0.356 e. The predicted octanol–water partition coefficient (Wildman–Crippen LogP) is 11.1. The molecule has 1 amide bonds. The van der Waals surface area contributed by atoms with Crippen LogP contribution in [0.25, 0.3) is 33.4 Å². The third-order valence-corrected chi connectivity index (χ3v) is 14.8. The van der Waals surface area contributed by atoms with Gasteiger partial charge in [0.1, 0.15) is 53.3 Å². The molecule has 350 valence electrons. The summed E-state index contributed by atoms with van der Waals surface area (Å²) in [6.07, 6.45) is -0.451. The molecule has 0 radical (unpaired) electrons. The highest BCUT2D eigenvalue weighted by Crippen LogP contribution is 2.49. The highest BCUT2D eigenvalue weighted by Gasteiger charge is 2.55. The molecule has 1 fully saturated rings. The van der Waals surface area contributed by atoms with Crippen molar-refractivity contribution in [3.63, 3.8) is 0 Å². The first-order valence-corrected chi connectivity index (χ1v) is 24.7. The fourth-order valence-electron chi connectivity index (χ4n) is 9.41. The van der Waals surface area contributed by atoms with E-state index < -0.39 is 33.8 Å². The van der Waals surface area contributed by atoms with Gasteiger partial charge >= 0.3 is 5.97 Å². The number of Topliss-reactive ketones (excluding diaryl/α,β-unsaturated/α-hetero) is 1. The van der Waals surface area contributed by atoms with Crippen LogP contribution in [-0.4, -0.2) is 53.3 Å². The summed E-state index contributed by atoms with van der Waals surface area (Å²) in [4.78, 5) is 56.1. The molecule has 3 aliphatic heterocycles. The molecule has 0 saturated carbocycles. The van der Waals surface area contributed by atoms with E-state index in [4.69, 9.17) is 23.4 Å². The zero-order valence-corrected chi connectivity index (χ0v) is 39.5.